The van der Waals surface area contributed by atoms with Crippen LogP contribution in [0.3, 0.4) is 0 Å². The van der Waals surface area contributed by atoms with Gasteiger partial charge in [-0.15, -0.1) is 12.4 Å². The van der Waals surface area contributed by atoms with E-state index in [0.717, 1.165) is 30.6 Å². The topological polar surface area (TPSA) is 46.3 Å². The molecule has 1 aromatic carbocycles. The zero-order valence-corrected chi connectivity index (χ0v) is 12.0. The van der Waals surface area contributed by atoms with Crippen LogP contribution in [-0.4, -0.2) is 23.9 Å². The summed E-state index contributed by atoms with van der Waals surface area (Å²) in [6, 6.07) is 5.52. The molecule has 2 N–H and O–H groups in total. The van der Waals surface area contributed by atoms with Crippen LogP contribution in [0.25, 0.3) is 0 Å². The fourth-order valence-corrected chi connectivity index (χ4v) is 2.33. The predicted molar refractivity (Wildman–Crippen MR) is 77.1 cm³/mol. The first-order valence-corrected chi connectivity index (χ1v) is 6.04. The first kappa shape index (κ1) is 14.8. The van der Waals surface area contributed by atoms with Crippen molar-refractivity contribution in [2.24, 2.45) is 5.41 Å². The number of likely N-dealkylation sites (tertiary alicyclic amines) is 1. The summed E-state index contributed by atoms with van der Waals surface area (Å²) in [6.45, 7) is 8.03. The quantitative estimate of drug-likeness (QED) is 0.796. The lowest BCUT2D eigenvalue weighted by Gasteiger charge is -2.20. The summed E-state index contributed by atoms with van der Waals surface area (Å²) in [4.78, 5) is 14.3. The van der Waals surface area contributed by atoms with Crippen molar-refractivity contribution < 1.29 is 4.79 Å². The summed E-state index contributed by atoms with van der Waals surface area (Å²) in [5.41, 5.74) is 8.37. The zero-order chi connectivity index (χ0) is 12.6. The second-order valence-electron chi connectivity index (χ2n) is 5.72. The summed E-state index contributed by atoms with van der Waals surface area (Å²) in [6.07, 6.45) is 1.07. The molecule has 0 atom stereocenters. The molecule has 0 aromatic heterocycles. The van der Waals surface area contributed by atoms with Crippen molar-refractivity contribution in [1.29, 1.82) is 0 Å². The number of anilines is 1. The molecule has 4 heteroatoms. The number of hydrogen-bond acceptors (Lipinski definition) is 2. The molecule has 0 radical (unpaired) electrons. The fourth-order valence-electron chi connectivity index (χ4n) is 2.33. The standard InChI is InChI=1S/C14H20N2O.ClH/c1-10-4-5-11(15)8-12(10)13(17)16-7-6-14(2,3)9-16;/h4-5,8H,6-7,9,15H2,1-3H3;1H. The monoisotopic (exact) mass is 268 g/mol. The lowest BCUT2D eigenvalue weighted by Crippen LogP contribution is -2.30. The molecule has 1 aromatic rings. The molecule has 2 rings (SSSR count). The molecule has 3 nitrogen and oxygen atoms in total. The Hall–Kier alpha value is -1.22. The molecule has 1 amide bonds. The van der Waals surface area contributed by atoms with Crippen LogP contribution in [-0.2, 0) is 0 Å². The third kappa shape index (κ3) is 2.96. The summed E-state index contributed by atoms with van der Waals surface area (Å²) in [7, 11) is 0. The van der Waals surface area contributed by atoms with Gasteiger partial charge in [0, 0.05) is 24.3 Å². The highest BCUT2D eigenvalue weighted by molar-refractivity contribution is 5.96. The van der Waals surface area contributed by atoms with Crippen LogP contribution in [0.2, 0.25) is 0 Å². The number of nitrogens with two attached hydrogens (primary N) is 1. The van der Waals surface area contributed by atoms with Gasteiger partial charge < -0.3 is 10.6 Å². The fraction of sp³-hybridized carbons (Fsp3) is 0.500. The molecule has 1 saturated heterocycles. The largest absolute Gasteiger partial charge is 0.399 e. The number of carbonyl (C=O) groups is 1. The highest BCUT2D eigenvalue weighted by Gasteiger charge is 2.32. The first-order chi connectivity index (χ1) is 7.89. The predicted octanol–water partition coefficient (Wildman–Crippen LogP) is 2.87. The molecule has 0 spiro atoms. The Morgan fingerprint density at radius 1 is 1.39 bits per heavy atom. The number of benzene rings is 1. The van der Waals surface area contributed by atoms with E-state index in [2.05, 4.69) is 13.8 Å². The number of amides is 1. The number of halogens is 1. The van der Waals surface area contributed by atoms with Crippen molar-refractivity contribution in [3.8, 4) is 0 Å². The van der Waals surface area contributed by atoms with E-state index in [4.69, 9.17) is 5.73 Å². The van der Waals surface area contributed by atoms with Gasteiger partial charge >= 0.3 is 0 Å². The third-order valence-corrected chi connectivity index (χ3v) is 3.46. The van der Waals surface area contributed by atoms with E-state index in [1.807, 2.05) is 24.0 Å². The number of nitrogen functional groups attached to an aromatic ring is 1. The Morgan fingerprint density at radius 2 is 2.06 bits per heavy atom. The number of carbonyl (C=O) groups excluding carboxylic acids is 1. The van der Waals surface area contributed by atoms with E-state index in [9.17, 15) is 4.79 Å². The molecular weight excluding hydrogens is 248 g/mol. The second-order valence-corrected chi connectivity index (χ2v) is 5.72. The summed E-state index contributed by atoms with van der Waals surface area (Å²) in [5, 5.41) is 0. The van der Waals surface area contributed by atoms with Crippen molar-refractivity contribution in [1.82, 2.24) is 4.90 Å². The van der Waals surface area contributed by atoms with E-state index in [-0.39, 0.29) is 23.7 Å². The Balaban J connectivity index is 0.00000162. The minimum atomic E-state index is 0. The van der Waals surface area contributed by atoms with Gasteiger partial charge in [0.05, 0.1) is 0 Å². The van der Waals surface area contributed by atoms with Crippen LogP contribution in [0.1, 0.15) is 36.2 Å². The van der Waals surface area contributed by atoms with Crippen molar-refractivity contribution >= 4 is 24.0 Å². The molecule has 0 bridgehead atoms. The zero-order valence-electron chi connectivity index (χ0n) is 11.2. The molecule has 1 fully saturated rings. The summed E-state index contributed by atoms with van der Waals surface area (Å²) < 4.78 is 0. The van der Waals surface area contributed by atoms with E-state index in [0.29, 0.717) is 5.69 Å². The second kappa shape index (κ2) is 5.19. The highest BCUT2D eigenvalue weighted by Crippen LogP contribution is 2.30. The van der Waals surface area contributed by atoms with Crippen LogP contribution >= 0.6 is 12.4 Å². The van der Waals surface area contributed by atoms with Crippen LogP contribution in [0.5, 0.6) is 0 Å². The number of hydrogen-bond donors (Lipinski definition) is 1. The summed E-state index contributed by atoms with van der Waals surface area (Å²) in [5.74, 6) is 0.111. The molecule has 1 aliphatic heterocycles. The van der Waals surface area contributed by atoms with Crippen LogP contribution < -0.4 is 5.73 Å². The lowest BCUT2D eigenvalue weighted by molar-refractivity contribution is 0.0777. The maximum Gasteiger partial charge on any atom is 0.254 e. The van der Waals surface area contributed by atoms with Crippen LogP contribution in [0.4, 0.5) is 5.69 Å². The summed E-state index contributed by atoms with van der Waals surface area (Å²) >= 11 is 0. The van der Waals surface area contributed by atoms with Gasteiger partial charge in [0.2, 0.25) is 0 Å². The molecular formula is C14H21ClN2O. The lowest BCUT2D eigenvalue weighted by atomic mass is 9.93. The van der Waals surface area contributed by atoms with Gasteiger partial charge in [0.15, 0.2) is 0 Å². The van der Waals surface area contributed by atoms with E-state index in [1.165, 1.54) is 0 Å². The van der Waals surface area contributed by atoms with Gasteiger partial charge in [0.1, 0.15) is 0 Å². The highest BCUT2D eigenvalue weighted by atomic mass is 35.5. The van der Waals surface area contributed by atoms with Gasteiger partial charge in [0.25, 0.3) is 5.91 Å². The van der Waals surface area contributed by atoms with Gasteiger partial charge in [-0.25, -0.2) is 0 Å². The molecule has 0 aliphatic carbocycles. The maximum absolute atomic E-state index is 12.4. The van der Waals surface area contributed by atoms with Crippen LogP contribution in [0.15, 0.2) is 18.2 Å². The molecule has 1 heterocycles. The Kier molecular flexibility index (Phi) is 4.28. The smallest absolute Gasteiger partial charge is 0.254 e. The number of aryl methyl sites for hydroxylation is 1. The van der Waals surface area contributed by atoms with Gasteiger partial charge in [-0.2, -0.15) is 0 Å². The Bertz CT molecular complexity index is 457. The van der Waals surface area contributed by atoms with Gasteiger partial charge in [-0.3, -0.25) is 4.79 Å². The molecule has 18 heavy (non-hydrogen) atoms. The minimum Gasteiger partial charge on any atom is -0.399 e. The minimum absolute atomic E-state index is 0. The molecule has 0 unspecified atom stereocenters. The van der Waals surface area contributed by atoms with E-state index >= 15 is 0 Å². The van der Waals surface area contributed by atoms with Gasteiger partial charge in [-0.05, 0) is 36.5 Å². The van der Waals surface area contributed by atoms with E-state index in [1.54, 1.807) is 6.07 Å². The maximum atomic E-state index is 12.4. The molecule has 0 saturated carbocycles. The Morgan fingerprint density at radius 3 is 2.61 bits per heavy atom. The van der Waals surface area contributed by atoms with Crippen molar-refractivity contribution in [3.05, 3.63) is 29.3 Å². The number of rotatable bonds is 1. The molecule has 1 aliphatic rings. The van der Waals surface area contributed by atoms with Crippen molar-refractivity contribution in [2.45, 2.75) is 27.2 Å². The van der Waals surface area contributed by atoms with Crippen molar-refractivity contribution in [2.75, 3.05) is 18.8 Å². The van der Waals surface area contributed by atoms with Gasteiger partial charge in [-0.1, -0.05) is 19.9 Å². The first-order valence-electron chi connectivity index (χ1n) is 6.04. The van der Waals surface area contributed by atoms with Crippen molar-refractivity contribution in [3.63, 3.8) is 0 Å². The third-order valence-electron chi connectivity index (χ3n) is 3.46. The average Bonchev–Trinajstić information content (AvgIpc) is 2.61. The van der Waals surface area contributed by atoms with E-state index < -0.39 is 0 Å². The molecule has 100 valence electrons. The Labute approximate surface area is 115 Å². The number of nitrogens with zero attached hydrogens (tertiary/aromatic N) is 1. The normalized spacial score (nSPS) is 17.4. The van der Waals surface area contributed by atoms with Crippen LogP contribution in [0, 0.1) is 12.3 Å². The average molecular weight is 269 g/mol. The SMILES string of the molecule is Cc1ccc(N)cc1C(=O)N1CCC(C)(C)C1.Cl.